The fourth-order valence-corrected chi connectivity index (χ4v) is 2.38. The number of imidazole rings is 1. The minimum atomic E-state index is 0.644. The molecule has 3 rings (SSSR count). The van der Waals surface area contributed by atoms with Crippen LogP contribution in [0.25, 0.3) is 22.6 Å². The van der Waals surface area contributed by atoms with Crippen molar-refractivity contribution in [3.8, 4) is 11.5 Å². The van der Waals surface area contributed by atoms with Gasteiger partial charge in [0.05, 0.1) is 17.6 Å². The highest BCUT2D eigenvalue weighted by atomic mass is 32.1. The van der Waals surface area contributed by atoms with Gasteiger partial charge in [-0.2, -0.15) is 0 Å². The molecule has 2 heterocycles. The lowest BCUT2D eigenvalue weighted by Crippen LogP contribution is -2.06. The van der Waals surface area contributed by atoms with Gasteiger partial charge in [0.1, 0.15) is 5.69 Å². The number of methoxy groups -OCH3 is 1. The van der Waals surface area contributed by atoms with Gasteiger partial charge in [-0.3, -0.25) is 0 Å². The molecular weight excluding hydrogens is 248 g/mol. The Morgan fingerprint density at radius 1 is 1.33 bits per heavy atom. The molecule has 0 saturated carbocycles. The molecule has 18 heavy (non-hydrogen) atoms. The second-order valence-electron chi connectivity index (χ2n) is 3.86. The summed E-state index contributed by atoms with van der Waals surface area (Å²) in [5.41, 5.74) is 2.88. The number of ether oxygens (including phenoxy) is 1. The number of rotatable bonds is 4. The third-order valence-electron chi connectivity index (χ3n) is 2.76. The number of para-hydroxylation sites is 2. The summed E-state index contributed by atoms with van der Waals surface area (Å²) in [6.07, 6.45) is 0. The number of nitrogens with zero attached hydrogens (tertiary/aromatic N) is 4. The Morgan fingerprint density at radius 2 is 2.22 bits per heavy atom. The minimum absolute atomic E-state index is 0.644. The van der Waals surface area contributed by atoms with Gasteiger partial charge in [0.15, 0.2) is 5.82 Å². The summed E-state index contributed by atoms with van der Waals surface area (Å²) in [5, 5.41) is 6.00. The zero-order chi connectivity index (χ0) is 12.4. The average molecular weight is 260 g/mol. The highest BCUT2D eigenvalue weighted by molar-refractivity contribution is 7.03. The first kappa shape index (κ1) is 11.3. The van der Waals surface area contributed by atoms with Gasteiger partial charge in [-0.15, -0.1) is 5.10 Å². The average Bonchev–Trinajstić information content (AvgIpc) is 3.03. The Labute approximate surface area is 108 Å². The molecule has 0 unspecified atom stereocenters. The van der Waals surface area contributed by atoms with E-state index in [2.05, 4.69) is 25.2 Å². The first-order valence-corrected chi connectivity index (χ1v) is 6.45. The molecule has 0 N–H and O–H groups in total. The fraction of sp³-hybridized carbons (Fsp3) is 0.250. The number of hydrogen-bond acceptors (Lipinski definition) is 5. The van der Waals surface area contributed by atoms with Crippen LogP contribution in [-0.2, 0) is 11.3 Å². The van der Waals surface area contributed by atoms with Gasteiger partial charge < -0.3 is 9.30 Å². The third kappa shape index (κ3) is 1.89. The Kier molecular flexibility index (Phi) is 3.04. The lowest BCUT2D eigenvalue weighted by Gasteiger charge is -2.06. The summed E-state index contributed by atoms with van der Waals surface area (Å²) < 4.78 is 11.2. The first-order valence-electron chi connectivity index (χ1n) is 5.62. The molecule has 1 aromatic carbocycles. The number of benzene rings is 1. The summed E-state index contributed by atoms with van der Waals surface area (Å²) in [6.45, 7) is 1.40. The van der Waals surface area contributed by atoms with Crippen LogP contribution in [0.15, 0.2) is 29.6 Å². The molecule has 0 aliphatic rings. The predicted molar refractivity (Wildman–Crippen MR) is 70.5 cm³/mol. The summed E-state index contributed by atoms with van der Waals surface area (Å²) in [5.74, 6) is 0.849. The van der Waals surface area contributed by atoms with E-state index in [4.69, 9.17) is 4.74 Å². The topological polar surface area (TPSA) is 52.8 Å². The van der Waals surface area contributed by atoms with Crippen molar-refractivity contribution in [1.82, 2.24) is 19.1 Å². The molecule has 6 heteroatoms. The smallest absolute Gasteiger partial charge is 0.162 e. The van der Waals surface area contributed by atoms with E-state index in [9.17, 15) is 0 Å². The Balaban J connectivity index is 2.17. The Morgan fingerprint density at radius 3 is 3.00 bits per heavy atom. The molecule has 0 atom stereocenters. The first-order chi connectivity index (χ1) is 8.90. The van der Waals surface area contributed by atoms with E-state index in [1.165, 1.54) is 11.5 Å². The van der Waals surface area contributed by atoms with Crippen LogP contribution in [-0.4, -0.2) is 32.9 Å². The van der Waals surface area contributed by atoms with E-state index in [0.29, 0.717) is 6.61 Å². The van der Waals surface area contributed by atoms with Crippen LogP contribution in [0.1, 0.15) is 0 Å². The minimum Gasteiger partial charge on any atom is -0.383 e. The van der Waals surface area contributed by atoms with Crippen molar-refractivity contribution in [2.75, 3.05) is 13.7 Å². The second kappa shape index (κ2) is 4.83. The molecule has 0 amide bonds. The molecule has 2 aromatic heterocycles. The standard InChI is InChI=1S/C12H12N4OS/c1-17-7-6-16-11-5-3-2-4-9(11)13-12(16)10-8-18-15-14-10/h2-5,8H,6-7H2,1H3. The molecule has 0 fully saturated rings. The van der Waals surface area contributed by atoms with Crippen LogP contribution < -0.4 is 0 Å². The summed E-state index contributed by atoms with van der Waals surface area (Å²) in [4.78, 5) is 4.62. The lowest BCUT2D eigenvalue weighted by atomic mass is 10.3. The molecule has 0 bridgehead atoms. The van der Waals surface area contributed by atoms with Crippen LogP contribution in [0.5, 0.6) is 0 Å². The highest BCUT2D eigenvalue weighted by Gasteiger charge is 2.13. The van der Waals surface area contributed by atoms with Crippen molar-refractivity contribution < 1.29 is 4.74 Å². The number of fused-ring (bicyclic) bond motifs is 1. The normalized spacial score (nSPS) is 11.2. The summed E-state index contributed by atoms with van der Waals surface area (Å²) >= 11 is 1.33. The zero-order valence-electron chi connectivity index (χ0n) is 9.91. The molecule has 0 aliphatic heterocycles. The molecule has 0 radical (unpaired) electrons. The van der Waals surface area contributed by atoms with E-state index in [1.54, 1.807) is 7.11 Å². The van der Waals surface area contributed by atoms with Gasteiger partial charge in [-0.1, -0.05) is 16.6 Å². The van der Waals surface area contributed by atoms with Crippen molar-refractivity contribution in [3.63, 3.8) is 0 Å². The van der Waals surface area contributed by atoms with E-state index in [0.717, 1.165) is 29.1 Å². The predicted octanol–water partition coefficient (Wildman–Crippen LogP) is 2.20. The van der Waals surface area contributed by atoms with Crippen LogP contribution in [0.3, 0.4) is 0 Å². The molecule has 3 aromatic rings. The van der Waals surface area contributed by atoms with Crippen molar-refractivity contribution in [2.45, 2.75) is 6.54 Å². The van der Waals surface area contributed by atoms with Gasteiger partial charge in [0.25, 0.3) is 0 Å². The maximum Gasteiger partial charge on any atom is 0.162 e. The SMILES string of the molecule is COCCn1c(-c2csnn2)nc2ccccc21. The summed E-state index contributed by atoms with van der Waals surface area (Å²) in [6, 6.07) is 8.05. The van der Waals surface area contributed by atoms with Crippen molar-refractivity contribution in [2.24, 2.45) is 0 Å². The maximum absolute atomic E-state index is 5.15. The molecule has 0 saturated heterocycles. The molecule has 0 aliphatic carbocycles. The van der Waals surface area contributed by atoms with Crippen molar-refractivity contribution >= 4 is 22.6 Å². The van der Waals surface area contributed by atoms with Crippen molar-refractivity contribution in [3.05, 3.63) is 29.6 Å². The van der Waals surface area contributed by atoms with Crippen LogP contribution in [0.4, 0.5) is 0 Å². The van der Waals surface area contributed by atoms with Gasteiger partial charge in [0.2, 0.25) is 0 Å². The molecule has 5 nitrogen and oxygen atoms in total. The lowest BCUT2D eigenvalue weighted by molar-refractivity contribution is 0.188. The maximum atomic E-state index is 5.15. The summed E-state index contributed by atoms with van der Waals surface area (Å²) in [7, 11) is 1.70. The van der Waals surface area contributed by atoms with Gasteiger partial charge in [0, 0.05) is 19.0 Å². The highest BCUT2D eigenvalue weighted by Crippen LogP contribution is 2.23. The van der Waals surface area contributed by atoms with E-state index < -0.39 is 0 Å². The molecular formula is C12H12N4OS. The van der Waals surface area contributed by atoms with E-state index in [-0.39, 0.29) is 0 Å². The molecule has 92 valence electrons. The van der Waals surface area contributed by atoms with Crippen LogP contribution in [0, 0.1) is 0 Å². The largest absolute Gasteiger partial charge is 0.383 e. The molecule has 0 spiro atoms. The van der Waals surface area contributed by atoms with Gasteiger partial charge in [-0.25, -0.2) is 4.98 Å². The van der Waals surface area contributed by atoms with Crippen LogP contribution >= 0.6 is 11.5 Å². The number of hydrogen-bond donors (Lipinski definition) is 0. The van der Waals surface area contributed by atoms with Crippen molar-refractivity contribution in [1.29, 1.82) is 0 Å². The van der Waals surface area contributed by atoms with E-state index >= 15 is 0 Å². The third-order valence-corrected chi connectivity index (χ3v) is 3.27. The second-order valence-corrected chi connectivity index (χ2v) is 4.47. The quantitative estimate of drug-likeness (QED) is 0.721. The monoisotopic (exact) mass is 260 g/mol. The van der Waals surface area contributed by atoms with Gasteiger partial charge >= 0.3 is 0 Å². The Hall–Kier alpha value is -1.79. The van der Waals surface area contributed by atoms with E-state index in [1.807, 2.05) is 23.6 Å². The fourth-order valence-electron chi connectivity index (χ4n) is 1.94. The Bertz CT molecular complexity index is 647. The van der Waals surface area contributed by atoms with Crippen LogP contribution in [0.2, 0.25) is 0 Å². The van der Waals surface area contributed by atoms with Gasteiger partial charge in [-0.05, 0) is 23.7 Å². The number of aromatic nitrogens is 4. The zero-order valence-corrected chi connectivity index (χ0v) is 10.7.